The van der Waals surface area contributed by atoms with Gasteiger partial charge in [-0.1, -0.05) is 75.1 Å². The molecule has 0 aliphatic heterocycles. The fourth-order valence-electron chi connectivity index (χ4n) is 5.28. The number of hydrogen-bond donors (Lipinski definition) is 1. The summed E-state index contributed by atoms with van der Waals surface area (Å²) in [4.78, 5) is 0. The van der Waals surface area contributed by atoms with Gasteiger partial charge in [0.2, 0.25) is 0 Å². The highest BCUT2D eigenvalue weighted by Crippen LogP contribution is 2.45. The number of allylic oxidation sites excluding steroid dienone is 14. The molecule has 2 N–H and O–H groups in total. The number of hydrogen-bond acceptors (Lipinski definition) is 2. The van der Waals surface area contributed by atoms with Gasteiger partial charge >= 0.3 is 0 Å². The number of nitrogens with zero attached hydrogens (tertiary/aromatic N) is 1. The van der Waals surface area contributed by atoms with Crippen molar-refractivity contribution in [3.63, 3.8) is 0 Å². The summed E-state index contributed by atoms with van der Waals surface area (Å²) in [6.45, 7) is 24.9. The summed E-state index contributed by atoms with van der Waals surface area (Å²) in [5.41, 5.74) is 12.7. The highest BCUT2D eigenvalue weighted by molar-refractivity contribution is 5.59. The first-order chi connectivity index (χ1) is 18.8. The summed E-state index contributed by atoms with van der Waals surface area (Å²) in [5, 5.41) is 0.562. The van der Waals surface area contributed by atoms with Crippen LogP contribution in [0.2, 0.25) is 0 Å². The van der Waals surface area contributed by atoms with Crippen molar-refractivity contribution in [3.05, 3.63) is 106 Å². The van der Waals surface area contributed by atoms with Crippen LogP contribution in [0.4, 0.5) is 8.87 Å². The molecule has 0 bridgehead atoms. The molecule has 1 fully saturated rings. The van der Waals surface area contributed by atoms with Crippen LogP contribution in [0.5, 0.6) is 0 Å². The summed E-state index contributed by atoms with van der Waals surface area (Å²) >= 11 is 0. The minimum atomic E-state index is -0.615. The molecular weight excluding hydrogens is 498 g/mol. The average Bonchev–Trinajstić information content (AvgIpc) is 3.66. The quantitative estimate of drug-likeness (QED) is 0.117. The van der Waals surface area contributed by atoms with Gasteiger partial charge in [-0.25, -0.2) is 9.51 Å². The molecule has 222 valence electrons. The van der Waals surface area contributed by atoms with E-state index in [4.69, 9.17) is 5.73 Å². The molecule has 1 aliphatic carbocycles. The van der Waals surface area contributed by atoms with Gasteiger partial charge in [0.25, 0.3) is 0 Å². The van der Waals surface area contributed by atoms with Crippen LogP contribution in [0.3, 0.4) is 0 Å². The molecule has 2 nitrogen and oxygen atoms in total. The minimum absolute atomic E-state index is 0.345. The maximum atomic E-state index is 14.8. The molecule has 4 heteroatoms. The molecule has 0 heterocycles. The monoisotopic (exact) mass is 552 g/mol. The van der Waals surface area contributed by atoms with Crippen LogP contribution in [0.1, 0.15) is 93.9 Å². The van der Waals surface area contributed by atoms with Crippen molar-refractivity contribution < 1.29 is 8.87 Å². The normalized spacial score (nSPS) is 20.9. The molecular formula is C36H54F2N2. The van der Waals surface area contributed by atoms with Gasteiger partial charge in [0.15, 0.2) is 0 Å². The van der Waals surface area contributed by atoms with Crippen molar-refractivity contribution >= 4 is 0 Å². The van der Waals surface area contributed by atoms with E-state index in [0.717, 1.165) is 47.5 Å². The second kappa shape index (κ2) is 16.4. The van der Waals surface area contributed by atoms with Crippen molar-refractivity contribution in [2.75, 3.05) is 7.05 Å². The van der Waals surface area contributed by atoms with E-state index in [0.29, 0.717) is 39.9 Å². The molecule has 0 aromatic heterocycles. The van der Waals surface area contributed by atoms with Crippen LogP contribution in [0.25, 0.3) is 0 Å². The third-order valence-electron chi connectivity index (χ3n) is 8.38. The Morgan fingerprint density at radius 2 is 1.70 bits per heavy atom. The Morgan fingerprint density at radius 1 is 1.05 bits per heavy atom. The predicted octanol–water partition coefficient (Wildman–Crippen LogP) is 10.9. The Balaban J connectivity index is 3.74. The number of rotatable bonds is 16. The summed E-state index contributed by atoms with van der Waals surface area (Å²) in [6.07, 6.45) is 18.4. The van der Waals surface area contributed by atoms with Crippen molar-refractivity contribution in [3.8, 4) is 0 Å². The van der Waals surface area contributed by atoms with E-state index in [1.165, 1.54) is 38.0 Å². The zero-order chi connectivity index (χ0) is 30.6. The lowest BCUT2D eigenvalue weighted by Gasteiger charge is -2.34. The van der Waals surface area contributed by atoms with Crippen LogP contribution in [0, 0.1) is 17.3 Å². The SMILES string of the molecule is C=CC(C)(C(=C)/C(=C\C=C(C)C)CCC)/C(C)=C(C)/C(C(/C=C/F)=C(N)/C=C\CC1CC1CCC)=C(\C)N(C)F. The fraction of sp³-hybridized carbons (Fsp3) is 0.500. The van der Waals surface area contributed by atoms with E-state index >= 15 is 0 Å². The van der Waals surface area contributed by atoms with Crippen LogP contribution < -0.4 is 5.73 Å². The summed E-state index contributed by atoms with van der Waals surface area (Å²) in [6, 6.07) is 0. The Labute approximate surface area is 244 Å². The topological polar surface area (TPSA) is 29.3 Å². The van der Waals surface area contributed by atoms with E-state index in [1.807, 2.05) is 26.0 Å². The summed E-state index contributed by atoms with van der Waals surface area (Å²) < 4.78 is 28.5. The van der Waals surface area contributed by atoms with Crippen molar-refractivity contribution in [2.24, 2.45) is 23.0 Å². The molecule has 0 saturated heterocycles. The Kier molecular flexibility index (Phi) is 14.4. The number of nitrogens with two attached hydrogens (primary N) is 1. The van der Waals surface area contributed by atoms with E-state index in [2.05, 4.69) is 66.0 Å². The van der Waals surface area contributed by atoms with Gasteiger partial charge in [0.1, 0.15) is 0 Å². The second-order valence-corrected chi connectivity index (χ2v) is 11.6. The van der Waals surface area contributed by atoms with Gasteiger partial charge in [0, 0.05) is 29.3 Å². The molecule has 0 amide bonds. The zero-order valence-corrected chi connectivity index (χ0v) is 26.6. The molecule has 0 aromatic carbocycles. The maximum Gasteiger partial charge on any atom is 0.0873 e. The van der Waals surface area contributed by atoms with E-state index in [9.17, 15) is 8.87 Å². The first-order valence-corrected chi connectivity index (χ1v) is 14.7. The maximum absolute atomic E-state index is 14.8. The zero-order valence-electron chi connectivity index (χ0n) is 26.6. The minimum Gasteiger partial charge on any atom is -0.398 e. The molecule has 0 radical (unpaired) electrons. The van der Waals surface area contributed by atoms with Gasteiger partial charge in [0.05, 0.1) is 12.0 Å². The summed E-state index contributed by atoms with van der Waals surface area (Å²) in [5.74, 6) is 1.49. The lowest BCUT2D eigenvalue weighted by Crippen LogP contribution is -2.22. The van der Waals surface area contributed by atoms with Gasteiger partial charge in [-0.2, -0.15) is 0 Å². The molecule has 0 spiro atoms. The Morgan fingerprint density at radius 3 is 2.20 bits per heavy atom. The lowest BCUT2D eigenvalue weighted by atomic mass is 9.70. The van der Waals surface area contributed by atoms with Crippen molar-refractivity contribution in [1.29, 1.82) is 0 Å². The van der Waals surface area contributed by atoms with E-state index in [1.54, 1.807) is 6.92 Å². The van der Waals surface area contributed by atoms with Gasteiger partial charge in [-0.05, 0) is 102 Å². The molecule has 1 saturated carbocycles. The standard InChI is InChI=1S/C36H54F2N2/c1-12-16-30(21-20-25(4)5)28(8)36(10,14-3)27(7)26(6)35(29(9)40(11)38)33(22-23-37)34(39)19-15-18-32-24-31(32)17-13-2/h14-15,19-23,31-32H,3,8,12-13,16-18,24,39H2,1-2,4-7,9-11H3/b19-15-,23-22+,27-26+,30-21-,34-33-,35-29-. The van der Waals surface area contributed by atoms with Crippen LogP contribution in [0.15, 0.2) is 106 Å². The highest BCUT2D eigenvalue weighted by Gasteiger charge is 2.34. The summed E-state index contributed by atoms with van der Waals surface area (Å²) in [7, 11) is 1.34. The third kappa shape index (κ3) is 9.35. The molecule has 3 unspecified atom stereocenters. The van der Waals surface area contributed by atoms with Crippen LogP contribution in [-0.4, -0.2) is 12.2 Å². The molecule has 3 atom stereocenters. The predicted molar refractivity (Wildman–Crippen MR) is 172 cm³/mol. The average molecular weight is 553 g/mol. The van der Waals surface area contributed by atoms with Crippen LogP contribution >= 0.6 is 0 Å². The highest BCUT2D eigenvalue weighted by atomic mass is 19.2. The molecule has 1 rings (SSSR count). The van der Waals surface area contributed by atoms with Gasteiger partial charge in [-0.3, -0.25) is 0 Å². The van der Waals surface area contributed by atoms with Crippen molar-refractivity contribution in [1.82, 2.24) is 5.12 Å². The first kappa shape index (κ1) is 35.1. The fourth-order valence-corrected chi connectivity index (χ4v) is 5.28. The second-order valence-electron chi connectivity index (χ2n) is 11.6. The molecule has 40 heavy (non-hydrogen) atoms. The van der Waals surface area contributed by atoms with Crippen molar-refractivity contribution in [2.45, 2.75) is 93.9 Å². The smallest absolute Gasteiger partial charge is 0.0873 e. The Bertz CT molecular complexity index is 1120. The van der Waals surface area contributed by atoms with E-state index in [-0.39, 0.29) is 0 Å². The Hall–Kier alpha value is -2.88. The number of halogens is 2. The molecule has 0 aromatic rings. The first-order valence-electron chi connectivity index (χ1n) is 14.7. The van der Waals surface area contributed by atoms with Gasteiger partial charge in [-0.15, -0.1) is 11.1 Å². The lowest BCUT2D eigenvalue weighted by molar-refractivity contribution is 0.107. The van der Waals surface area contributed by atoms with Gasteiger partial charge < -0.3 is 5.73 Å². The largest absolute Gasteiger partial charge is 0.398 e. The van der Waals surface area contributed by atoms with Crippen LogP contribution in [-0.2, 0) is 0 Å². The third-order valence-corrected chi connectivity index (χ3v) is 8.38. The molecule has 1 aliphatic rings. The van der Waals surface area contributed by atoms with E-state index < -0.39 is 5.41 Å².